The van der Waals surface area contributed by atoms with Crippen LogP contribution in [0.2, 0.25) is 0 Å². The third kappa shape index (κ3) is 6.29. The van der Waals surface area contributed by atoms with Gasteiger partial charge in [-0.1, -0.05) is 32.0 Å². The van der Waals surface area contributed by atoms with Crippen molar-refractivity contribution in [3.8, 4) is 0 Å². The molecule has 3 N–H and O–H groups in total. The lowest BCUT2D eigenvalue weighted by Crippen LogP contribution is -2.49. The number of carbonyl (C=O) groups is 1. The van der Waals surface area contributed by atoms with Gasteiger partial charge in [0.1, 0.15) is 0 Å². The van der Waals surface area contributed by atoms with Crippen LogP contribution >= 0.6 is 0 Å². The van der Waals surface area contributed by atoms with E-state index in [0.717, 1.165) is 31.9 Å². The minimum absolute atomic E-state index is 0.0206. The van der Waals surface area contributed by atoms with E-state index in [-0.39, 0.29) is 11.8 Å². The second-order valence-corrected chi connectivity index (χ2v) is 6.69. The van der Waals surface area contributed by atoms with Gasteiger partial charge in [-0.3, -0.25) is 9.79 Å². The Bertz CT molecular complexity index is 550. The van der Waals surface area contributed by atoms with Crippen molar-refractivity contribution in [1.29, 1.82) is 0 Å². The molecule has 0 aromatic heterocycles. The number of amides is 1. The summed E-state index contributed by atoms with van der Waals surface area (Å²) in [6, 6.07) is 11.0. The van der Waals surface area contributed by atoms with Gasteiger partial charge in [-0.05, 0) is 25.0 Å². The maximum absolute atomic E-state index is 11.5. The van der Waals surface area contributed by atoms with Crippen molar-refractivity contribution in [3.05, 3.63) is 30.3 Å². The molecular formula is C19H31N5O. The van der Waals surface area contributed by atoms with Crippen molar-refractivity contribution in [3.63, 3.8) is 0 Å². The fourth-order valence-electron chi connectivity index (χ4n) is 2.88. The van der Waals surface area contributed by atoms with E-state index in [2.05, 4.69) is 56.2 Å². The van der Waals surface area contributed by atoms with Crippen LogP contribution in [0.25, 0.3) is 0 Å². The molecule has 25 heavy (non-hydrogen) atoms. The highest BCUT2D eigenvalue weighted by atomic mass is 16.1. The van der Waals surface area contributed by atoms with E-state index >= 15 is 0 Å². The summed E-state index contributed by atoms with van der Waals surface area (Å²) < 4.78 is 0. The molecule has 1 heterocycles. The van der Waals surface area contributed by atoms with E-state index in [1.165, 1.54) is 5.69 Å². The van der Waals surface area contributed by atoms with Gasteiger partial charge in [0.2, 0.25) is 5.91 Å². The average Bonchev–Trinajstić information content (AvgIpc) is 2.65. The zero-order chi connectivity index (χ0) is 18.1. The molecule has 1 saturated heterocycles. The van der Waals surface area contributed by atoms with Gasteiger partial charge in [0, 0.05) is 50.9 Å². The van der Waals surface area contributed by atoms with Crippen LogP contribution in [-0.4, -0.2) is 51.1 Å². The number of carbonyl (C=O) groups excluding carboxylic acids is 1. The number of nitrogens with zero attached hydrogens (tertiary/aromatic N) is 2. The van der Waals surface area contributed by atoms with Crippen molar-refractivity contribution in [2.45, 2.75) is 32.7 Å². The van der Waals surface area contributed by atoms with Crippen molar-refractivity contribution in [2.24, 2.45) is 10.9 Å². The molecule has 0 bridgehead atoms. The minimum Gasteiger partial charge on any atom is -0.371 e. The van der Waals surface area contributed by atoms with Gasteiger partial charge in [0.05, 0.1) is 0 Å². The first-order chi connectivity index (χ1) is 12.1. The SMILES string of the molecule is CN=C(NCCNC(=O)C(C)C)NC1CCN(c2ccccc2)CC1. The molecule has 0 spiro atoms. The van der Waals surface area contributed by atoms with Gasteiger partial charge in [-0.15, -0.1) is 0 Å². The Morgan fingerprint density at radius 2 is 1.80 bits per heavy atom. The van der Waals surface area contributed by atoms with Gasteiger partial charge in [-0.2, -0.15) is 0 Å². The second kappa shape index (κ2) is 9.91. The molecule has 0 saturated carbocycles. The summed E-state index contributed by atoms with van der Waals surface area (Å²) >= 11 is 0. The number of benzene rings is 1. The fourth-order valence-corrected chi connectivity index (χ4v) is 2.88. The molecule has 1 amide bonds. The van der Waals surface area contributed by atoms with E-state index in [4.69, 9.17) is 0 Å². The maximum atomic E-state index is 11.5. The molecule has 6 nitrogen and oxygen atoms in total. The Balaban J connectivity index is 1.68. The monoisotopic (exact) mass is 345 g/mol. The van der Waals surface area contributed by atoms with Crippen molar-refractivity contribution < 1.29 is 4.79 Å². The van der Waals surface area contributed by atoms with Crippen molar-refractivity contribution in [2.75, 3.05) is 38.1 Å². The Morgan fingerprint density at radius 1 is 1.16 bits per heavy atom. The Hall–Kier alpha value is -2.24. The number of hydrogen-bond donors (Lipinski definition) is 3. The predicted molar refractivity (Wildman–Crippen MR) is 104 cm³/mol. The molecule has 138 valence electrons. The maximum Gasteiger partial charge on any atom is 0.222 e. The van der Waals surface area contributed by atoms with Crippen LogP contribution in [0.15, 0.2) is 35.3 Å². The van der Waals surface area contributed by atoms with Gasteiger partial charge < -0.3 is 20.9 Å². The van der Waals surface area contributed by atoms with Gasteiger partial charge in [0.15, 0.2) is 5.96 Å². The number of aliphatic imine (C=N–C) groups is 1. The Morgan fingerprint density at radius 3 is 2.40 bits per heavy atom. The third-order valence-corrected chi connectivity index (χ3v) is 4.42. The molecule has 1 aliphatic heterocycles. The van der Waals surface area contributed by atoms with Crippen LogP contribution in [0.3, 0.4) is 0 Å². The van der Waals surface area contributed by atoms with Crippen molar-refractivity contribution in [1.82, 2.24) is 16.0 Å². The van der Waals surface area contributed by atoms with Crippen LogP contribution in [0, 0.1) is 5.92 Å². The number of anilines is 1. The number of piperidine rings is 1. The molecule has 1 aromatic carbocycles. The van der Waals surface area contributed by atoms with E-state index in [1.807, 2.05) is 13.8 Å². The summed E-state index contributed by atoms with van der Waals surface area (Å²) in [6.07, 6.45) is 2.17. The molecule has 0 aliphatic carbocycles. The fraction of sp³-hybridized carbons (Fsp3) is 0.579. The molecule has 2 rings (SSSR count). The van der Waals surface area contributed by atoms with Crippen LogP contribution in [-0.2, 0) is 4.79 Å². The minimum atomic E-state index is 0.0206. The zero-order valence-corrected chi connectivity index (χ0v) is 15.6. The standard InChI is InChI=1S/C19H31N5O/c1-15(2)18(25)21-11-12-22-19(20-3)23-16-9-13-24(14-10-16)17-7-5-4-6-8-17/h4-8,15-16H,9-14H2,1-3H3,(H,21,25)(H2,20,22,23). The first-order valence-corrected chi connectivity index (χ1v) is 9.15. The second-order valence-electron chi connectivity index (χ2n) is 6.69. The summed E-state index contributed by atoms with van der Waals surface area (Å²) in [5, 5.41) is 9.65. The van der Waals surface area contributed by atoms with Gasteiger partial charge in [0.25, 0.3) is 0 Å². The first-order valence-electron chi connectivity index (χ1n) is 9.15. The van der Waals surface area contributed by atoms with Crippen LogP contribution in [0.5, 0.6) is 0 Å². The van der Waals surface area contributed by atoms with E-state index in [0.29, 0.717) is 19.1 Å². The van der Waals surface area contributed by atoms with Crippen LogP contribution < -0.4 is 20.9 Å². The number of hydrogen-bond acceptors (Lipinski definition) is 3. The Kier molecular flexibility index (Phi) is 7.57. The smallest absolute Gasteiger partial charge is 0.222 e. The molecular weight excluding hydrogens is 314 g/mol. The predicted octanol–water partition coefficient (Wildman–Crippen LogP) is 1.59. The molecule has 0 unspecified atom stereocenters. The lowest BCUT2D eigenvalue weighted by molar-refractivity contribution is -0.123. The quantitative estimate of drug-likeness (QED) is 0.416. The summed E-state index contributed by atoms with van der Waals surface area (Å²) in [5.41, 5.74) is 1.30. The van der Waals surface area contributed by atoms with Crippen LogP contribution in [0.1, 0.15) is 26.7 Å². The first kappa shape index (κ1) is 19.1. The largest absolute Gasteiger partial charge is 0.371 e. The van der Waals surface area contributed by atoms with Gasteiger partial charge in [-0.25, -0.2) is 0 Å². The van der Waals surface area contributed by atoms with Crippen LogP contribution in [0.4, 0.5) is 5.69 Å². The van der Waals surface area contributed by atoms with E-state index in [1.54, 1.807) is 7.05 Å². The number of para-hydroxylation sites is 1. The number of guanidine groups is 1. The summed E-state index contributed by atoms with van der Waals surface area (Å²) in [6.45, 7) is 7.15. The summed E-state index contributed by atoms with van der Waals surface area (Å²) in [5.74, 6) is 0.905. The molecule has 1 fully saturated rings. The highest BCUT2D eigenvalue weighted by molar-refractivity contribution is 5.80. The Labute approximate surface area is 151 Å². The number of rotatable bonds is 6. The molecule has 0 radical (unpaired) electrons. The lowest BCUT2D eigenvalue weighted by Gasteiger charge is -2.34. The van der Waals surface area contributed by atoms with E-state index in [9.17, 15) is 4.79 Å². The highest BCUT2D eigenvalue weighted by Crippen LogP contribution is 2.19. The lowest BCUT2D eigenvalue weighted by atomic mass is 10.0. The van der Waals surface area contributed by atoms with Crippen molar-refractivity contribution >= 4 is 17.6 Å². The summed E-state index contributed by atoms with van der Waals surface area (Å²) in [4.78, 5) is 18.2. The highest BCUT2D eigenvalue weighted by Gasteiger charge is 2.20. The molecule has 1 aliphatic rings. The summed E-state index contributed by atoms with van der Waals surface area (Å²) in [7, 11) is 1.78. The van der Waals surface area contributed by atoms with E-state index < -0.39 is 0 Å². The molecule has 6 heteroatoms. The normalized spacial score (nSPS) is 16.0. The molecule has 0 atom stereocenters. The average molecular weight is 345 g/mol. The topological polar surface area (TPSA) is 68.8 Å². The zero-order valence-electron chi connectivity index (χ0n) is 15.6. The van der Waals surface area contributed by atoms with Gasteiger partial charge >= 0.3 is 0 Å². The third-order valence-electron chi connectivity index (χ3n) is 4.42. The molecule has 1 aromatic rings. The number of nitrogens with one attached hydrogen (secondary N) is 3.